The van der Waals surface area contributed by atoms with Gasteiger partial charge >= 0.3 is 5.97 Å². The minimum atomic E-state index is -0.406. The molecule has 110 valence electrons. The van der Waals surface area contributed by atoms with Crippen molar-refractivity contribution in [3.05, 3.63) is 54.1 Å². The Kier molecular flexibility index (Phi) is 5.04. The average Bonchev–Trinajstić information content (AvgIpc) is 2.53. The number of ether oxygens (including phenoxy) is 2. The molecule has 0 radical (unpaired) electrons. The Labute approximate surface area is 123 Å². The molecule has 0 unspecified atom stereocenters. The summed E-state index contributed by atoms with van der Waals surface area (Å²) in [7, 11) is 1.33. The summed E-state index contributed by atoms with van der Waals surface area (Å²) >= 11 is 0. The van der Waals surface area contributed by atoms with Gasteiger partial charge < -0.3 is 20.5 Å². The molecule has 0 fully saturated rings. The first-order valence-corrected chi connectivity index (χ1v) is 6.56. The van der Waals surface area contributed by atoms with Crippen LogP contribution in [0, 0.1) is 0 Å². The molecule has 5 heteroatoms. The molecule has 0 bridgehead atoms. The molecular formula is C16H18N2O3. The highest BCUT2D eigenvalue weighted by atomic mass is 16.6. The molecule has 0 aliphatic rings. The van der Waals surface area contributed by atoms with E-state index in [0.29, 0.717) is 12.3 Å². The summed E-state index contributed by atoms with van der Waals surface area (Å²) in [5.41, 5.74) is 8.65. The van der Waals surface area contributed by atoms with Crippen LogP contribution in [0.5, 0.6) is 5.75 Å². The average molecular weight is 286 g/mol. The first-order chi connectivity index (χ1) is 10.2. The lowest BCUT2D eigenvalue weighted by atomic mass is 10.2. The van der Waals surface area contributed by atoms with Gasteiger partial charge in [0.1, 0.15) is 5.75 Å². The second kappa shape index (κ2) is 7.19. The van der Waals surface area contributed by atoms with E-state index in [0.717, 1.165) is 16.9 Å². The van der Waals surface area contributed by atoms with E-state index in [9.17, 15) is 4.79 Å². The molecule has 0 atom stereocenters. The molecule has 0 spiro atoms. The Morgan fingerprint density at radius 1 is 1.14 bits per heavy atom. The molecule has 5 nitrogen and oxygen atoms in total. The zero-order valence-electron chi connectivity index (χ0n) is 11.8. The van der Waals surface area contributed by atoms with Crippen molar-refractivity contribution in [2.45, 2.75) is 6.54 Å². The summed E-state index contributed by atoms with van der Waals surface area (Å²) in [6, 6.07) is 15.1. The van der Waals surface area contributed by atoms with Gasteiger partial charge in [-0.2, -0.15) is 0 Å². The fraction of sp³-hybridized carbons (Fsp3) is 0.188. The van der Waals surface area contributed by atoms with E-state index >= 15 is 0 Å². The number of methoxy groups -OCH3 is 1. The summed E-state index contributed by atoms with van der Waals surface area (Å²) in [5, 5.41) is 3.28. The number of nitrogens with one attached hydrogen (secondary N) is 1. The van der Waals surface area contributed by atoms with Crippen molar-refractivity contribution in [3.63, 3.8) is 0 Å². The first kappa shape index (κ1) is 14.7. The molecule has 0 amide bonds. The van der Waals surface area contributed by atoms with E-state index in [1.54, 1.807) is 12.1 Å². The molecule has 0 saturated carbocycles. The van der Waals surface area contributed by atoms with E-state index in [2.05, 4.69) is 10.1 Å². The maximum Gasteiger partial charge on any atom is 0.343 e. The number of rotatable bonds is 6. The fourth-order valence-electron chi connectivity index (χ4n) is 1.76. The zero-order chi connectivity index (χ0) is 15.1. The third kappa shape index (κ3) is 4.42. The summed E-state index contributed by atoms with van der Waals surface area (Å²) in [4.78, 5) is 11.0. The molecule has 3 N–H and O–H groups in total. The van der Waals surface area contributed by atoms with E-state index < -0.39 is 5.97 Å². The smallest absolute Gasteiger partial charge is 0.343 e. The van der Waals surface area contributed by atoms with Crippen LogP contribution in [-0.2, 0) is 16.1 Å². The maximum absolute atomic E-state index is 11.0. The topological polar surface area (TPSA) is 73.6 Å². The Balaban J connectivity index is 1.88. The van der Waals surface area contributed by atoms with E-state index in [1.807, 2.05) is 36.4 Å². The van der Waals surface area contributed by atoms with Crippen LogP contribution in [0.15, 0.2) is 48.5 Å². The summed E-state index contributed by atoms with van der Waals surface area (Å²) < 4.78 is 9.78. The minimum Gasteiger partial charge on any atom is -0.482 e. The molecule has 0 aromatic heterocycles. The third-order valence-electron chi connectivity index (χ3n) is 2.98. The monoisotopic (exact) mass is 286 g/mol. The number of esters is 1. The van der Waals surface area contributed by atoms with Crippen LogP contribution in [0.1, 0.15) is 5.56 Å². The molecule has 2 aromatic carbocycles. The van der Waals surface area contributed by atoms with Crippen molar-refractivity contribution in [3.8, 4) is 5.75 Å². The van der Waals surface area contributed by atoms with Gasteiger partial charge in [0, 0.05) is 17.9 Å². The van der Waals surface area contributed by atoms with Crippen molar-refractivity contribution in [2.75, 3.05) is 24.8 Å². The third-order valence-corrected chi connectivity index (χ3v) is 2.98. The number of nitrogens with two attached hydrogens (primary N) is 1. The lowest BCUT2D eigenvalue weighted by Gasteiger charge is -2.10. The summed E-state index contributed by atoms with van der Waals surface area (Å²) in [6.07, 6.45) is 0. The van der Waals surface area contributed by atoms with Gasteiger partial charge in [-0.15, -0.1) is 0 Å². The van der Waals surface area contributed by atoms with E-state index in [4.69, 9.17) is 10.5 Å². The molecule has 2 rings (SSSR count). The molecule has 2 aromatic rings. The molecule has 0 saturated heterocycles. The SMILES string of the molecule is COC(=O)COc1ccc(NCc2ccccc2N)cc1. The van der Waals surface area contributed by atoms with E-state index in [-0.39, 0.29) is 6.61 Å². The number of hydrogen-bond acceptors (Lipinski definition) is 5. The van der Waals surface area contributed by atoms with Gasteiger partial charge in [0.15, 0.2) is 6.61 Å². The van der Waals surface area contributed by atoms with Crippen LogP contribution < -0.4 is 15.8 Å². The van der Waals surface area contributed by atoms with Gasteiger partial charge in [-0.1, -0.05) is 18.2 Å². The number of benzene rings is 2. The second-order valence-corrected chi connectivity index (χ2v) is 4.44. The lowest BCUT2D eigenvalue weighted by molar-refractivity contribution is -0.142. The summed E-state index contributed by atoms with van der Waals surface area (Å²) in [5.74, 6) is 0.210. The predicted molar refractivity (Wildman–Crippen MR) is 82.1 cm³/mol. The van der Waals surface area contributed by atoms with Gasteiger partial charge in [0.25, 0.3) is 0 Å². The van der Waals surface area contributed by atoms with Gasteiger partial charge in [0.05, 0.1) is 7.11 Å². The number of anilines is 2. The van der Waals surface area contributed by atoms with Crippen molar-refractivity contribution in [1.82, 2.24) is 0 Å². The van der Waals surface area contributed by atoms with Gasteiger partial charge in [0.2, 0.25) is 0 Å². The number of para-hydroxylation sites is 1. The quantitative estimate of drug-likeness (QED) is 0.630. The van der Waals surface area contributed by atoms with Gasteiger partial charge in [-0.25, -0.2) is 4.79 Å². The number of carbonyl (C=O) groups excluding carboxylic acids is 1. The van der Waals surface area contributed by atoms with Crippen molar-refractivity contribution < 1.29 is 14.3 Å². The maximum atomic E-state index is 11.0. The van der Waals surface area contributed by atoms with Crippen LogP contribution >= 0.6 is 0 Å². The molecule has 0 aliphatic carbocycles. The highest BCUT2D eigenvalue weighted by molar-refractivity contribution is 5.70. The van der Waals surface area contributed by atoms with Gasteiger partial charge in [-0.3, -0.25) is 0 Å². The Morgan fingerprint density at radius 3 is 2.52 bits per heavy atom. The van der Waals surface area contributed by atoms with E-state index in [1.165, 1.54) is 7.11 Å². The molecule has 21 heavy (non-hydrogen) atoms. The van der Waals surface area contributed by atoms with Crippen LogP contribution in [0.4, 0.5) is 11.4 Å². The van der Waals surface area contributed by atoms with Crippen LogP contribution in [0.25, 0.3) is 0 Å². The molecule has 0 heterocycles. The van der Waals surface area contributed by atoms with Crippen LogP contribution in [-0.4, -0.2) is 19.7 Å². The van der Waals surface area contributed by atoms with Crippen LogP contribution in [0.3, 0.4) is 0 Å². The lowest BCUT2D eigenvalue weighted by Crippen LogP contribution is -2.12. The normalized spacial score (nSPS) is 9.95. The van der Waals surface area contributed by atoms with Crippen molar-refractivity contribution in [2.24, 2.45) is 0 Å². The number of nitrogen functional groups attached to an aromatic ring is 1. The highest BCUT2D eigenvalue weighted by Gasteiger charge is 2.02. The van der Waals surface area contributed by atoms with Crippen molar-refractivity contribution in [1.29, 1.82) is 0 Å². The van der Waals surface area contributed by atoms with Crippen molar-refractivity contribution >= 4 is 17.3 Å². The zero-order valence-corrected chi connectivity index (χ0v) is 11.8. The minimum absolute atomic E-state index is 0.0934. The predicted octanol–water partition coefficient (Wildman–Crippen LogP) is 2.43. The summed E-state index contributed by atoms with van der Waals surface area (Å²) in [6.45, 7) is 0.554. The number of hydrogen-bond donors (Lipinski definition) is 2. The Morgan fingerprint density at radius 2 is 1.86 bits per heavy atom. The highest BCUT2D eigenvalue weighted by Crippen LogP contribution is 2.18. The Hall–Kier alpha value is -2.69. The van der Waals surface area contributed by atoms with Gasteiger partial charge in [-0.05, 0) is 35.9 Å². The molecular weight excluding hydrogens is 268 g/mol. The second-order valence-electron chi connectivity index (χ2n) is 4.44. The fourth-order valence-corrected chi connectivity index (χ4v) is 1.76. The Bertz CT molecular complexity index is 597. The number of carbonyl (C=O) groups is 1. The van der Waals surface area contributed by atoms with Crippen LogP contribution in [0.2, 0.25) is 0 Å². The largest absolute Gasteiger partial charge is 0.482 e. The first-order valence-electron chi connectivity index (χ1n) is 6.56. The molecule has 0 aliphatic heterocycles. The standard InChI is InChI=1S/C16H18N2O3/c1-20-16(19)11-21-14-8-6-13(7-9-14)18-10-12-4-2-3-5-15(12)17/h2-9,18H,10-11,17H2,1H3.